The van der Waals surface area contributed by atoms with E-state index in [-0.39, 0.29) is 27.8 Å². The maximum Gasteiger partial charge on any atom is 0.257 e. The van der Waals surface area contributed by atoms with Gasteiger partial charge in [-0.15, -0.1) is 0 Å². The number of carbonyl (C=O) groups is 1. The largest absolute Gasteiger partial charge is 0.491 e. The lowest BCUT2D eigenvalue weighted by atomic mass is 10.2. The molecule has 2 aromatic rings. The van der Waals surface area contributed by atoms with Crippen molar-refractivity contribution in [3.05, 3.63) is 46.9 Å². The average Bonchev–Trinajstić information content (AvgIpc) is 2.44. The number of ether oxygens (including phenoxy) is 1. The lowest BCUT2D eigenvalue weighted by molar-refractivity contribution is 0.102. The second-order valence-corrected chi connectivity index (χ2v) is 4.53. The van der Waals surface area contributed by atoms with Gasteiger partial charge in [-0.05, 0) is 25.1 Å². The third-order valence-electron chi connectivity index (χ3n) is 2.61. The molecule has 5 nitrogen and oxygen atoms in total. The van der Waals surface area contributed by atoms with Gasteiger partial charge in [-0.3, -0.25) is 4.79 Å². The molecular weight excluding hydrogens is 297 g/mol. The number of hydrogen-bond donors (Lipinski definition) is 2. The molecule has 0 atom stereocenters. The molecule has 0 aliphatic rings. The summed E-state index contributed by atoms with van der Waals surface area (Å²) in [7, 11) is 0. The molecule has 0 bridgehead atoms. The summed E-state index contributed by atoms with van der Waals surface area (Å²) in [4.78, 5) is 15.8. The van der Waals surface area contributed by atoms with Gasteiger partial charge >= 0.3 is 0 Å². The van der Waals surface area contributed by atoms with Crippen LogP contribution in [0.15, 0.2) is 30.5 Å². The molecule has 0 aliphatic carbocycles. The fourth-order valence-electron chi connectivity index (χ4n) is 1.68. The molecule has 110 valence electrons. The van der Waals surface area contributed by atoms with Gasteiger partial charge < -0.3 is 15.8 Å². The number of aromatic nitrogens is 1. The Balaban J connectivity index is 2.19. The first-order valence-corrected chi connectivity index (χ1v) is 6.53. The highest BCUT2D eigenvalue weighted by Gasteiger charge is 2.13. The molecule has 21 heavy (non-hydrogen) atoms. The normalized spacial score (nSPS) is 10.2. The molecule has 2 rings (SSSR count). The lowest BCUT2D eigenvalue weighted by Crippen LogP contribution is -2.13. The van der Waals surface area contributed by atoms with Gasteiger partial charge in [-0.25, -0.2) is 9.37 Å². The van der Waals surface area contributed by atoms with E-state index in [1.165, 1.54) is 30.5 Å². The first kappa shape index (κ1) is 15.1. The minimum absolute atomic E-state index is 0.127. The van der Waals surface area contributed by atoms with Crippen LogP contribution in [-0.2, 0) is 0 Å². The molecule has 0 aliphatic heterocycles. The van der Waals surface area contributed by atoms with Crippen LogP contribution in [0.4, 0.5) is 15.9 Å². The van der Waals surface area contributed by atoms with E-state index in [4.69, 9.17) is 22.1 Å². The second kappa shape index (κ2) is 6.41. The molecule has 0 saturated carbocycles. The summed E-state index contributed by atoms with van der Waals surface area (Å²) in [5, 5.41) is 2.69. The van der Waals surface area contributed by atoms with E-state index in [1.54, 1.807) is 6.92 Å². The van der Waals surface area contributed by atoms with E-state index in [0.29, 0.717) is 6.61 Å². The monoisotopic (exact) mass is 309 g/mol. The van der Waals surface area contributed by atoms with Crippen LogP contribution in [-0.4, -0.2) is 17.5 Å². The van der Waals surface area contributed by atoms with Gasteiger partial charge in [-0.1, -0.05) is 11.6 Å². The van der Waals surface area contributed by atoms with Crippen molar-refractivity contribution in [2.75, 3.05) is 17.7 Å². The van der Waals surface area contributed by atoms with Gasteiger partial charge in [0.25, 0.3) is 5.91 Å². The van der Waals surface area contributed by atoms with Gasteiger partial charge in [-0.2, -0.15) is 0 Å². The second-order valence-electron chi connectivity index (χ2n) is 4.12. The molecule has 0 saturated heterocycles. The van der Waals surface area contributed by atoms with Gasteiger partial charge in [0.2, 0.25) is 0 Å². The average molecular weight is 310 g/mol. The van der Waals surface area contributed by atoms with Crippen molar-refractivity contribution >= 4 is 29.0 Å². The number of nitrogens with two attached hydrogens (primary N) is 1. The highest BCUT2D eigenvalue weighted by molar-refractivity contribution is 6.34. The van der Waals surface area contributed by atoms with Crippen LogP contribution >= 0.6 is 11.6 Å². The molecule has 1 heterocycles. The topological polar surface area (TPSA) is 77.2 Å². The third kappa shape index (κ3) is 3.61. The van der Waals surface area contributed by atoms with Crippen LogP contribution in [0, 0.1) is 5.82 Å². The number of carbonyl (C=O) groups excluding carboxylic acids is 1. The Hall–Kier alpha value is -2.34. The van der Waals surface area contributed by atoms with Crippen LogP contribution in [0.3, 0.4) is 0 Å². The zero-order valence-corrected chi connectivity index (χ0v) is 11.9. The molecule has 0 spiro atoms. The van der Waals surface area contributed by atoms with Crippen LogP contribution in [0.5, 0.6) is 5.75 Å². The standard InChI is InChI=1S/C14H13ClFN3O2/c1-2-21-12-4-3-8(5-11(12)16)19-14(20)9-6-13(17)18-7-10(9)15/h3-7H,2H2,1H3,(H2,17,18)(H,19,20). The van der Waals surface area contributed by atoms with Crippen molar-refractivity contribution in [3.63, 3.8) is 0 Å². The predicted octanol–water partition coefficient (Wildman–Crippen LogP) is 3.11. The number of halogens is 2. The Morgan fingerprint density at radius 2 is 2.24 bits per heavy atom. The van der Waals surface area contributed by atoms with Crippen molar-refractivity contribution in [2.24, 2.45) is 0 Å². The number of nitrogens with one attached hydrogen (secondary N) is 1. The Morgan fingerprint density at radius 1 is 1.48 bits per heavy atom. The fourth-order valence-corrected chi connectivity index (χ4v) is 1.87. The third-order valence-corrected chi connectivity index (χ3v) is 2.91. The quantitative estimate of drug-likeness (QED) is 0.909. The van der Waals surface area contributed by atoms with Crippen LogP contribution in [0.1, 0.15) is 17.3 Å². The predicted molar refractivity (Wildman–Crippen MR) is 79.2 cm³/mol. The first-order chi connectivity index (χ1) is 10.0. The van der Waals surface area contributed by atoms with Gasteiger partial charge in [0.05, 0.1) is 17.2 Å². The summed E-state index contributed by atoms with van der Waals surface area (Å²) in [6, 6.07) is 5.49. The summed E-state index contributed by atoms with van der Waals surface area (Å²) < 4.78 is 18.8. The number of hydrogen-bond acceptors (Lipinski definition) is 4. The summed E-state index contributed by atoms with van der Waals surface area (Å²) >= 11 is 5.88. The molecular formula is C14H13ClFN3O2. The highest BCUT2D eigenvalue weighted by Crippen LogP contribution is 2.23. The van der Waals surface area contributed by atoms with Crippen molar-refractivity contribution in [2.45, 2.75) is 6.92 Å². The minimum Gasteiger partial charge on any atom is -0.491 e. The summed E-state index contributed by atoms with van der Waals surface area (Å²) in [5.41, 5.74) is 5.96. The molecule has 1 aromatic heterocycles. The van der Waals surface area contributed by atoms with Gasteiger partial charge in [0.1, 0.15) is 5.82 Å². The molecule has 1 aromatic carbocycles. The highest BCUT2D eigenvalue weighted by atomic mass is 35.5. The van der Waals surface area contributed by atoms with E-state index in [2.05, 4.69) is 10.3 Å². The van der Waals surface area contributed by atoms with Crippen molar-refractivity contribution in [3.8, 4) is 5.75 Å². The number of benzene rings is 1. The molecule has 7 heteroatoms. The Morgan fingerprint density at radius 3 is 2.90 bits per heavy atom. The van der Waals surface area contributed by atoms with E-state index in [0.717, 1.165) is 0 Å². The maximum absolute atomic E-state index is 13.7. The van der Waals surface area contributed by atoms with Crippen molar-refractivity contribution in [1.82, 2.24) is 4.98 Å². The number of anilines is 2. The molecule has 0 radical (unpaired) electrons. The summed E-state index contributed by atoms with van der Waals surface area (Å²) in [5.74, 6) is -0.767. The van der Waals surface area contributed by atoms with Crippen molar-refractivity contribution < 1.29 is 13.9 Å². The van der Waals surface area contributed by atoms with Crippen LogP contribution in [0.2, 0.25) is 5.02 Å². The number of amides is 1. The van der Waals surface area contributed by atoms with Gasteiger partial charge in [0.15, 0.2) is 11.6 Å². The SMILES string of the molecule is CCOc1ccc(NC(=O)c2cc(N)ncc2Cl)cc1F. The maximum atomic E-state index is 13.7. The Bertz CT molecular complexity index is 679. The fraction of sp³-hybridized carbons (Fsp3) is 0.143. The smallest absolute Gasteiger partial charge is 0.257 e. The van der Waals surface area contributed by atoms with E-state index < -0.39 is 11.7 Å². The molecule has 1 amide bonds. The molecule has 0 fully saturated rings. The van der Waals surface area contributed by atoms with E-state index in [9.17, 15) is 9.18 Å². The minimum atomic E-state index is -0.560. The Labute approximate surface area is 125 Å². The van der Waals surface area contributed by atoms with Gasteiger partial charge in [0, 0.05) is 18.0 Å². The first-order valence-electron chi connectivity index (χ1n) is 6.16. The Kier molecular flexibility index (Phi) is 4.59. The van der Waals surface area contributed by atoms with Crippen molar-refractivity contribution in [1.29, 1.82) is 0 Å². The van der Waals surface area contributed by atoms with Crippen LogP contribution in [0.25, 0.3) is 0 Å². The molecule has 3 N–H and O–H groups in total. The lowest BCUT2D eigenvalue weighted by Gasteiger charge is -2.09. The number of pyridine rings is 1. The number of nitrogens with zero attached hydrogens (tertiary/aromatic N) is 1. The van der Waals surface area contributed by atoms with E-state index >= 15 is 0 Å². The zero-order valence-electron chi connectivity index (χ0n) is 11.2. The van der Waals surface area contributed by atoms with E-state index in [1.807, 2.05) is 0 Å². The number of nitrogen functional groups attached to an aromatic ring is 1. The zero-order chi connectivity index (χ0) is 15.4. The molecule has 0 unspecified atom stereocenters. The summed E-state index contributed by atoms with van der Waals surface area (Å²) in [6.45, 7) is 2.11. The number of rotatable bonds is 4. The summed E-state index contributed by atoms with van der Waals surface area (Å²) in [6.07, 6.45) is 1.28. The van der Waals surface area contributed by atoms with Crippen LogP contribution < -0.4 is 15.8 Å².